The monoisotopic (exact) mass is 396 g/mol. The Hall–Kier alpha value is -2.06. The van der Waals surface area contributed by atoms with E-state index in [0.717, 1.165) is 0 Å². The predicted octanol–water partition coefficient (Wildman–Crippen LogP) is 2.97. The first-order valence-electron chi connectivity index (χ1n) is 6.76. The van der Waals surface area contributed by atoms with Crippen molar-refractivity contribution in [1.29, 1.82) is 0 Å². The van der Waals surface area contributed by atoms with Gasteiger partial charge in [-0.3, -0.25) is 9.52 Å². The highest BCUT2D eigenvalue weighted by Crippen LogP contribution is 2.33. The standard InChI is InChI=1S/C15H13BrN2O4S/c1-9-15(19)17-12-8-10(6-7-13(12)22-9)18-23(20,21)14-5-3-2-4-11(14)16/h2-9,18H,1H3,(H,17,19)/t9-/m0/s1. The number of amides is 1. The van der Waals surface area contributed by atoms with Crippen molar-refractivity contribution in [3.8, 4) is 5.75 Å². The Morgan fingerprint density at radius 1 is 1.22 bits per heavy atom. The van der Waals surface area contributed by atoms with Crippen LogP contribution in [-0.4, -0.2) is 20.4 Å². The quantitative estimate of drug-likeness (QED) is 0.834. The molecule has 1 heterocycles. The molecular formula is C15H13BrN2O4S. The van der Waals surface area contributed by atoms with E-state index in [-0.39, 0.29) is 10.8 Å². The summed E-state index contributed by atoms with van der Waals surface area (Å²) in [5.41, 5.74) is 0.762. The molecular weight excluding hydrogens is 384 g/mol. The molecule has 0 bridgehead atoms. The van der Waals surface area contributed by atoms with Gasteiger partial charge in [0.2, 0.25) is 0 Å². The van der Waals surface area contributed by atoms with Gasteiger partial charge in [-0.1, -0.05) is 12.1 Å². The van der Waals surface area contributed by atoms with Gasteiger partial charge >= 0.3 is 0 Å². The van der Waals surface area contributed by atoms with Crippen LogP contribution in [0.5, 0.6) is 5.75 Å². The summed E-state index contributed by atoms with van der Waals surface area (Å²) in [5, 5.41) is 2.68. The van der Waals surface area contributed by atoms with Crippen molar-refractivity contribution >= 4 is 43.2 Å². The molecule has 0 spiro atoms. The van der Waals surface area contributed by atoms with Crippen molar-refractivity contribution in [2.75, 3.05) is 10.0 Å². The summed E-state index contributed by atoms with van der Waals surface area (Å²) in [5.74, 6) is 0.226. The minimum absolute atomic E-state index is 0.131. The van der Waals surface area contributed by atoms with Crippen LogP contribution in [0.4, 0.5) is 11.4 Å². The molecule has 0 saturated heterocycles. The van der Waals surface area contributed by atoms with Gasteiger partial charge in [-0.15, -0.1) is 0 Å². The maximum Gasteiger partial charge on any atom is 0.265 e. The molecule has 0 unspecified atom stereocenters. The minimum Gasteiger partial charge on any atom is -0.479 e. The largest absolute Gasteiger partial charge is 0.479 e. The molecule has 8 heteroatoms. The number of hydrogen-bond acceptors (Lipinski definition) is 4. The third kappa shape index (κ3) is 3.18. The number of nitrogens with one attached hydrogen (secondary N) is 2. The van der Waals surface area contributed by atoms with Crippen LogP contribution in [0.3, 0.4) is 0 Å². The number of anilines is 2. The summed E-state index contributed by atoms with van der Waals surface area (Å²) < 4.78 is 33.3. The van der Waals surface area contributed by atoms with Crippen molar-refractivity contribution in [1.82, 2.24) is 0 Å². The van der Waals surface area contributed by atoms with Crippen molar-refractivity contribution in [3.63, 3.8) is 0 Å². The van der Waals surface area contributed by atoms with Crippen LogP contribution in [-0.2, 0) is 14.8 Å². The van der Waals surface area contributed by atoms with Crippen molar-refractivity contribution in [2.45, 2.75) is 17.9 Å². The molecule has 3 rings (SSSR count). The molecule has 23 heavy (non-hydrogen) atoms. The molecule has 120 valence electrons. The zero-order valence-corrected chi connectivity index (χ0v) is 14.4. The van der Waals surface area contributed by atoms with Gasteiger partial charge in [0.15, 0.2) is 6.10 Å². The Morgan fingerprint density at radius 2 is 1.96 bits per heavy atom. The van der Waals surface area contributed by atoms with Gasteiger partial charge in [-0.2, -0.15) is 0 Å². The Labute approximate surface area is 142 Å². The molecule has 6 nitrogen and oxygen atoms in total. The average molecular weight is 397 g/mol. The van der Waals surface area contributed by atoms with Gasteiger partial charge in [0, 0.05) is 4.47 Å². The molecule has 1 atom stereocenters. The van der Waals surface area contributed by atoms with E-state index in [1.54, 1.807) is 37.3 Å². The van der Waals surface area contributed by atoms with E-state index in [9.17, 15) is 13.2 Å². The SMILES string of the molecule is C[C@@H]1Oc2ccc(NS(=O)(=O)c3ccccc3Br)cc2NC1=O. The first kappa shape index (κ1) is 15.8. The highest BCUT2D eigenvalue weighted by Gasteiger charge is 2.24. The summed E-state index contributed by atoms with van der Waals surface area (Å²) in [6.45, 7) is 1.64. The van der Waals surface area contributed by atoms with E-state index in [4.69, 9.17) is 4.74 Å². The van der Waals surface area contributed by atoms with Crippen LogP contribution < -0.4 is 14.8 Å². The Morgan fingerprint density at radius 3 is 2.70 bits per heavy atom. The highest BCUT2D eigenvalue weighted by atomic mass is 79.9. The zero-order chi connectivity index (χ0) is 16.6. The van der Waals surface area contributed by atoms with Crippen molar-refractivity contribution < 1.29 is 17.9 Å². The van der Waals surface area contributed by atoms with E-state index in [2.05, 4.69) is 26.0 Å². The maximum atomic E-state index is 12.4. The zero-order valence-electron chi connectivity index (χ0n) is 12.0. The molecule has 1 aliphatic rings. The number of benzene rings is 2. The van der Waals surface area contributed by atoms with Crippen LogP contribution in [0.15, 0.2) is 51.8 Å². The van der Waals surface area contributed by atoms with E-state index < -0.39 is 16.1 Å². The topological polar surface area (TPSA) is 84.5 Å². The van der Waals surface area contributed by atoms with Gasteiger partial charge in [-0.05, 0) is 53.2 Å². The lowest BCUT2D eigenvalue weighted by atomic mass is 10.2. The van der Waals surface area contributed by atoms with Crippen molar-refractivity contribution in [2.24, 2.45) is 0 Å². The summed E-state index contributed by atoms with van der Waals surface area (Å²) in [6.07, 6.45) is -0.578. The number of halogens is 1. The molecule has 2 aromatic carbocycles. The summed E-state index contributed by atoms with van der Waals surface area (Å²) in [6, 6.07) is 11.2. The number of rotatable bonds is 3. The Balaban J connectivity index is 1.91. The Bertz CT molecular complexity index is 883. The third-order valence-electron chi connectivity index (χ3n) is 3.29. The predicted molar refractivity (Wildman–Crippen MR) is 90.1 cm³/mol. The normalized spacial score (nSPS) is 17.0. The van der Waals surface area contributed by atoms with Crippen LogP contribution in [0.25, 0.3) is 0 Å². The second kappa shape index (κ2) is 5.86. The first-order valence-corrected chi connectivity index (χ1v) is 9.03. The van der Waals surface area contributed by atoms with Gasteiger partial charge in [0.1, 0.15) is 10.6 Å². The number of ether oxygens (including phenoxy) is 1. The number of fused-ring (bicyclic) bond motifs is 1. The number of carbonyl (C=O) groups is 1. The molecule has 0 saturated carbocycles. The molecule has 1 aliphatic heterocycles. The highest BCUT2D eigenvalue weighted by molar-refractivity contribution is 9.10. The van der Waals surface area contributed by atoms with Crippen molar-refractivity contribution in [3.05, 3.63) is 46.9 Å². The fourth-order valence-corrected chi connectivity index (χ4v) is 4.20. The Kier molecular flexibility index (Phi) is 4.03. The van der Waals surface area contributed by atoms with Crippen LogP contribution >= 0.6 is 15.9 Å². The maximum absolute atomic E-state index is 12.4. The smallest absolute Gasteiger partial charge is 0.265 e. The van der Waals surface area contributed by atoms with E-state index >= 15 is 0 Å². The first-order chi connectivity index (χ1) is 10.9. The lowest BCUT2D eigenvalue weighted by Gasteiger charge is -2.23. The second-order valence-electron chi connectivity index (χ2n) is 5.00. The molecule has 2 aromatic rings. The van der Waals surface area contributed by atoms with Crippen LogP contribution in [0.1, 0.15) is 6.92 Å². The number of sulfonamides is 1. The molecule has 0 aliphatic carbocycles. The van der Waals surface area contributed by atoms with Gasteiger partial charge in [0.05, 0.1) is 11.4 Å². The van der Waals surface area contributed by atoms with Crippen LogP contribution in [0, 0.1) is 0 Å². The third-order valence-corrected chi connectivity index (χ3v) is 5.68. The van der Waals surface area contributed by atoms with Crippen LogP contribution in [0.2, 0.25) is 0 Å². The van der Waals surface area contributed by atoms with E-state index in [1.165, 1.54) is 12.1 Å². The molecule has 1 amide bonds. The number of carbonyl (C=O) groups excluding carboxylic acids is 1. The minimum atomic E-state index is -3.75. The lowest BCUT2D eigenvalue weighted by molar-refractivity contribution is -0.122. The second-order valence-corrected chi connectivity index (χ2v) is 7.50. The lowest BCUT2D eigenvalue weighted by Crippen LogP contribution is -2.34. The fourth-order valence-electron chi connectivity index (χ4n) is 2.15. The number of hydrogen-bond donors (Lipinski definition) is 2. The summed E-state index contributed by atoms with van der Waals surface area (Å²) >= 11 is 3.22. The molecule has 0 fully saturated rings. The molecule has 0 aromatic heterocycles. The van der Waals surface area contributed by atoms with Gasteiger partial charge in [0.25, 0.3) is 15.9 Å². The van der Waals surface area contributed by atoms with Gasteiger partial charge in [-0.25, -0.2) is 8.42 Å². The molecule has 0 radical (unpaired) electrons. The fraction of sp³-hybridized carbons (Fsp3) is 0.133. The molecule has 2 N–H and O–H groups in total. The summed E-state index contributed by atoms with van der Waals surface area (Å²) in [4.78, 5) is 11.8. The van der Waals surface area contributed by atoms with E-state index in [1.807, 2.05) is 0 Å². The summed E-state index contributed by atoms with van der Waals surface area (Å²) in [7, 11) is -3.75. The average Bonchev–Trinajstić information content (AvgIpc) is 2.48. The van der Waals surface area contributed by atoms with Gasteiger partial charge < -0.3 is 10.1 Å². The van der Waals surface area contributed by atoms with E-state index in [0.29, 0.717) is 21.6 Å².